The van der Waals surface area contributed by atoms with E-state index >= 15 is 0 Å². The normalized spacial score (nSPS) is 17.3. The van der Waals surface area contributed by atoms with Crippen LogP contribution in [0.5, 0.6) is 11.5 Å². The third-order valence-corrected chi connectivity index (χ3v) is 6.06. The molecule has 0 saturated carbocycles. The van der Waals surface area contributed by atoms with E-state index in [0.717, 1.165) is 18.5 Å². The molecule has 1 aliphatic rings. The summed E-state index contributed by atoms with van der Waals surface area (Å²) in [6.45, 7) is 1.64. The molecule has 0 radical (unpaired) electrons. The average molecular weight is 404 g/mol. The number of likely N-dealkylation sites (tertiary alicyclic amines) is 1. The van der Waals surface area contributed by atoms with Crippen molar-refractivity contribution in [3.8, 4) is 23.0 Å². The summed E-state index contributed by atoms with van der Waals surface area (Å²) >= 11 is 7.22. The molecule has 1 fully saturated rings. The van der Waals surface area contributed by atoms with Crippen molar-refractivity contribution in [1.82, 2.24) is 14.7 Å². The number of hydrogen-bond acceptors (Lipinski definition) is 7. The SMILES string of the molecule is COc1ccc(-c2nn(CN3CCC[C@H]3c3cccs3)c(=S)o2)c(OC)c1. The van der Waals surface area contributed by atoms with Gasteiger partial charge in [0, 0.05) is 23.5 Å². The fraction of sp³-hybridized carbons (Fsp3) is 0.368. The fourth-order valence-electron chi connectivity index (χ4n) is 3.45. The van der Waals surface area contributed by atoms with Crippen molar-refractivity contribution in [2.24, 2.45) is 0 Å². The van der Waals surface area contributed by atoms with Crippen LogP contribution >= 0.6 is 23.6 Å². The zero-order valence-electron chi connectivity index (χ0n) is 15.3. The van der Waals surface area contributed by atoms with Gasteiger partial charge in [0.25, 0.3) is 10.7 Å². The maximum absolute atomic E-state index is 5.77. The highest BCUT2D eigenvalue weighted by Gasteiger charge is 2.27. The standard InChI is InChI=1S/C19H21N3O3S2/c1-23-13-7-8-14(16(11-13)24-2)18-20-22(19(26)25-18)12-21-9-3-5-15(21)17-6-4-10-27-17/h4,6-8,10-11,15H,3,5,9,12H2,1-2H3/t15-/m0/s1. The van der Waals surface area contributed by atoms with Crippen molar-refractivity contribution in [2.75, 3.05) is 20.8 Å². The second-order valence-electron chi connectivity index (χ2n) is 6.37. The summed E-state index contributed by atoms with van der Waals surface area (Å²) in [5.74, 6) is 1.80. The van der Waals surface area contributed by atoms with Crippen LogP contribution < -0.4 is 9.47 Å². The largest absolute Gasteiger partial charge is 0.497 e. The van der Waals surface area contributed by atoms with E-state index in [2.05, 4.69) is 27.5 Å². The van der Waals surface area contributed by atoms with E-state index in [9.17, 15) is 0 Å². The maximum atomic E-state index is 5.77. The smallest absolute Gasteiger partial charge is 0.288 e. The Morgan fingerprint density at radius 2 is 2.19 bits per heavy atom. The number of hydrogen-bond donors (Lipinski definition) is 0. The Hall–Kier alpha value is -2.16. The predicted molar refractivity (Wildman–Crippen MR) is 107 cm³/mol. The van der Waals surface area contributed by atoms with Gasteiger partial charge in [-0.05, 0) is 48.6 Å². The first-order valence-electron chi connectivity index (χ1n) is 8.77. The fourth-order valence-corrected chi connectivity index (χ4v) is 4.52. The van der Waals surface area contributed by atoms with Gasteiger partial charge < -0.3 is 13.9 Å². The van der Waals surface area contributed by atoms with E-state index in [1.807, 2.05) is 12.1 Å². The van der Waals surface area contributed by atoms with Gasteiger partial charge in [-0.3, -0.25) is 4.90 Å². The van der Waals surface area contributed by atoms with Crippen molar-refractivity contribution >= 4 is 23.6 Å². The van der Waals surface area contributed by atoms with Gasteiger partial charge in [0.2, 0.25) is 0 Å². The van der Waals surface area contributed by atoms with E-state index in [0.29, 0.717) is 34.9 Å². The molecule has 8 heteroatoms. The van der Waals surface area contributed by atoms with E-state index < -0.39 is 0 Å². The zero-order chi connectivity index (χ0) is 18.8. The first-order valence-corrected chi connectivity index (χ1v) is 10.1. The Morgan fingerprint density at radius 3 is 2.93 bits per heavy atom. The van der Waals surface area contributed by atoms with Gasteiger partial charge in [0.15, 0.2) is 0 Å². The summed E-state index contributed by atoms with van der Waals surface area (Å²) in [4.78, 5) is 4.15. The maximum Gasteiger partial charge on any atom is 0.288 e. The van der Waals surface area contributed by atoms with Gasteiger partial charge in [0.1, 0.15) is 11.5 Å². The number of nitrogens with zero attached hydrogens (tertiary/aromatic N) is 3. The molecule has 0 N–H and O–H groups in total. The monoisotopic (exact) mass is 403 g/mol. The first kappa shape index (κ1) is 18.2. The molecule has 142 valence electrons. The topological polar surface area (TPSA) is 52.7 Å². The summed E-state index contributed by atoms with van der Waals surface area (Å²) in [5.41, 5.74) is 0.749. The Balaban J connectivity index is 1.60. The van der Waals surface area contributed by atoms with Crippen molar-refractivity contribution in [1.29, 1.82) is 0 Å². The molecule has 1 aromatic carbocycles. The van der Waals surface area contributed by atoms with Crippen molar-refractivity contribution in [3.05, 3.63) is 45.4 Å². The van der Waals surface area contributed by atoms with Gasteiger partial charge in [0.05, 0.1) is 26.5 Å². The molecular weight excluding hydrogens is 382 g/mol. The summed E-state index contributed by atoms with van der Waals surface area (Å²) in [5, 5.41) is 6.74. The summed E-state index contributed by atoms with van der Waals surface area (Å²) < 4.78 is 18.2. The van der Waals surface area contributed by atoms with Gasteiger partial charge in [-0.2, -0.15) is 0 Å². The Morgan fingerprint density at radius 1 is 1.30 bits per heavy atom. The van der Waals surface area contributed by atoms with Crippen LogP contribution in [0.2, 0.25) is 0 Å². The molecule has 6 nitrogen and oxygen atoms in total. The quantitative estimate of drug-likeness (QED) is 0.554. The van der Waals surface area contributed by atoms with Crippen LogP contribution in [0.15, 0.2) is 40.1 Å². The molecule has 27 heavy (non-hydrogen) atoms. The Kier molecular flexibility index (Phi) is 5.29. The molecule has 0 amide bonds. The molecular formula is C19H21N3O3S2. The predicted octanol–water partition coefficient (Wildman–Crippen LogP) is 4.75. The molecule has 4 rings (SSSR count). The highest BCUT2D eigenvalue weighted by molar-refractivity contribution is 7.71. The van der Waals surface area contributed by atoms with Crippen molar-refractivity contribution < 1.29 is 13.9 Å². The minimum atomic E-state index is 0.361. The zero-order valence-corrected chi connectivity index (χ0v) is 16.9. The molecule has 0 bridgehead atoms. The molecule has 3 aromatic rings. The lowest BCUT2D eigenvalue weighted by Gasteiger charge is -2.22. The Bertz CT molecular complexity index is 965. The molecule has 0 aliphatic carbocycles. The van der Waals surface area contributed by atoms with Crippen molar-refractivity contribution in [2.45, 2.75) is 25.6 Å². The van der Waals surface area contributed by atoms with Gasteiger partial charge in [-0.15, -0.1) is 16.4 Å². The molecule has 1 atom stereocenters. The number of thiophene rings is 1. The number of ether oxygens (including phenoxy) is 2. The summed E-state index contributed by atoms with van der Waals surface area (Å²) in [6, 6.07) is 10.2. The van der Waals surface area contributed by atoms with E-state index in [4.69, 9.17) is 26.1 Å². The molecule has 1 saturated heterocycles. The second kappa shape index (κ2) is 7.84. The minimum absolute atomic E-state index is 0.361. The molecule has 0 unspecified atom stereocenters. The number of aromatic nitrogens is 2. The van der Waals surface area contributed by atoms with Crippen LogP contribution in [0.25, 0.3) is 11.5 Å². The van der Waals surface area contributed by atoms with Crippen LogP contribution in [0.3, 0.4) is 0 Å². The van der Waals surface area contributed by atoms with Gasteiger partial charge in [-0.25, -0.2) is 4.68 Å². The first-order chi connectivity index (χ1) is 13.2. The van der Waals surface area contributed by atoms with E-state index in [1.54, 1.807) is 36.3 Å². The summed E-state index contributed by atoms with van der Waals surface area (Å²) in [7, 11) is 3.23. The van der Waals surface area contributed by atoms with E-state index in [1.165, 1.54) is 11.3 Å². The van der Waals surface area contributed by atoms with Crippen molar-refractivity contribution in [3.63, 3.8) is 0 Å². The van der Waals surface area contributed by atoms with Gasteiger partial charge >= 0.3 is 0 Å². The third-order valence-electron chi connectivity index (χ3n) is 4.80. The molecule has 1 aliphatic heterocycles. The molecule has 2 aromatic heterocycles. The average Bonchev–Trinajstić information content (AvgIpc) is 3.43. The Labute approximate surface area is 166 Å². The third kappa shape index (κ3) is 3.65. The van der Waals surface area contributed by atoms with Gasteiger partial charge in [-0.1, -0.05) is 6.07 Å². The molecule has 0 spiro atoms. The highest BCUT2D eigenvalue weighted by Crippen LogP contribution is 2.36. The lowest BCUT2D eigenvalue weighted by atomic mass is 10.2. The summed E-state index contributed by atoms with van der Waals surface area (Å²) in [6.07, 6.45) is 2.33. The van der Waals surface area contributed by atoms with Crippen LogP contribution in [0.1, 0.15) is 23.8 Å². The molecule has 3 heterocycles. The number of methoxy groups -OCH3 is 2. The van der Waals surface area contributed by atoms with Crippen LogP contribution in [0.4, 0.5) is 0 Å². The highest BCUT2D eigenvalue weighted by atomic mass is 32.1. The number of rotatable bonds is 6. The van der Waals surface area contributed by atoms with Crippen LogP contribution in [0, 0.1) is 4.84 Å². The minimum Gasteiger partial charge on any atom is -0.497 e. The van der Waals surface area contributed by atoms with Crippen LogP contribution in [-0.4, -0.2) is 35.4 Å². The van der Waals surface area contributed by atoms with E-state index in [-0.39, 0.29) is 0 Å². The lowest BCUT2D eigenvalue weighted by Crippen LogP contribution is -2.26. The van der Waals surface area contributed by atoms with Crippen LogP contribution in [-0.2, 0) is 6.67 Å². The lowest BCUT2D eigenvalue weighted by molar-refractivity contribution is 0.190. The second-order valence-corrected chi connectivity index (χ2v) is 7.69. The number of benzene rings is 1.